The Morgan fingerprint density at radius 1 is 1.19 bits per heavy atom. The van der Waals surface area contributed by atoms with Crippen LogP contribution in [0.5, 0.6) is 0 Å². The minimum Gasteiger partial charge on any atom is -0.461 e. The maximum Gasteiger partial charge on any atom is 0.311 e. The van der Waals surface area contributed by atoms with E-state index in [1.807, 2.05) is 54.6 Å². The first-order chi connectivity index (χ1) is 15.5. The smallest absolute Gasteiger partial charge is 0.311 e. The lowest BCUT2D eigenvalue weighted by atomic mass is 9.78. The van der Waals surface area contributed by atoms with E-state index >= 15 is 0 Å². The summed E-state index contributed by atoms with van der Waals surface area (Å²) in [6.45, 7) is 2.52. The fourth-order valence-electron chi connectivity index (χ4n) is 5.46. The number of ether oxygens (including phenoxy) is 1. The molecule has 1 N–H and O–H groups in total. The number of hydrogen-bond donors (Lipinski definition) is 1. The molecular formula is C24H26N2O5S. The van der Waals surface area contributed by atoms with E-state index in [1.54, 1.807) is 11.8 Å². The number of carbonyl (C=O) groups excluding carboxylic acids is 3. The lowest BCUT2D eigenvalue weighted by Crippen LogP contribution is -2.55. The molecule has 5 rings (SSSR count). The van der Waals surface area contributed by atoms with Crippen LogP contribution in [0.3, 0.4) is 0 Å². The lowest BCUT2D eigenvalue weighted by molar-refractivity contribution is -0.152. The maximum absolute atomic E-state index is 14.0. The molecule has 8 heteroatoms. The third kappa shape index (κ3) is 3.11. The molecule has 168 valence electrons. The SMILES string of the molecule is C[C@H](CO)N1C(=O)[C@@H]2[C@H]3C(=O)OCC=C[C@H]3S[C@@]23C=CCN(Cc2ccccc2)C(=O)C13. The van der Waals surface area contributed by atoms with Gasteiger partial charge in [0.2, 0.25) is 11.8 Å². The maximum atomic E-state index is 14.0. The summed E-state index contributed by atoms with van der Waals surface area (Å²) in [4.78, 5) is 43.8. The van der Waals surface area contributed by atoms with E-state index in [-0.39, 0.29) is 30.3 Å². The van der Waals surface area contributed by atoms with Gasteiger partial charge in [0.05, 0.1) is 29.2 Å². The van der Waals surface area contributed by atoms with Crippen molar-refractivity contribution < 1.29 is 24.2 Å². The molecule has 0 aliphatic carbocycles. The summed E-state index contributed by atoms with van der Waals surface area (Å²) >= 11 is 1.51. The third-order valence-corrected chi connectivity index (χ3v) is 8.63. The molecule has 0 saturated carbocycles. The number of carbonyl (C=O) groups is 3. The molecule has 2 amide bonds. The van der Waals surface area contributed by atoms with Crippen molar-refractivity contribution in [2.45, 2.75) is 35.5 Å². The first-order valence-corrected chi connectivity index (χ1v) is 11.8. The molecule has 4 aliphatic rings. The monoisotopic (exact) mass is 454 g/mol. The number of thioether (sulfide) groups is 1. The molecule has 1 spiro atoms. The van der Waals surface area contributed by atoms with Crippen molar-refractivity contribution in [1.82, 2.24) is 9.80 Å². The van der Waals surface area contributed by atoms with Crippen LogP contribution >= 0.6 is 11.8 Å². The van der Waals surface area contributed by atoms with E-state index in [1.165, 1.54) is 16.7 Å². The minimum absolute atomic E-state index is 0.156. The number of esters is 1. The van der Waals surface area contributed by atoms with Crippen molar-refractivity contribution in [2.75, 3.05) is 19.8 Å². The number of nitrogens with zero attached hydrogens (tertiary/aromatic N) is 2. The molecule has 7 nitrogen and oxygen atoms in total. The summed E-state index contributed by atoms with van der Waals surface area (Å²) in [6.07, 6.45) is 7.66. The minimum atomic E-state index is -0.876. The van der Waals surface area contributed by atoms with E-state index in [0.717, 1.165) is 5.56 Å². The van der Waals surface area contributed by atoms with Gasteiger partial charge in [-0.25, -0.2) is 0 Å². The molecule has 4 aliphatic heterocycles. The summed E-state index contributed by atoms with van der Waals surface area (Å²) in [5.74, 6) is -2.17. The number of fused-ring (bicyclic) bond motifs is 2. The van der Waals surface area contributed by atoms with Crippen LogP contribution in [-0.2, 0) is 25.7 Å². The van der Waals surface area contributed by atoms with E-state index in [2.05, 4.69) is 0 Å². The Labute approximate surface area is 191 Å². The Bertz CT molecular complexity index is 995. The van der Waals surface area contributed by atoms with Crippen molar-refractivity contribution in [3.05, 3.63) is 60.2 Å². The van der Waals surface area contributed by atoms with Gasteiger partial charge in [0.15, 0.2) is 0 Å². The van der Waals surface area contributed by atoms with E-state index in [4.69, 9.17) is 4.74 Å². The van der Waals surface area contributed by atoms with Crippen molar-refractivity contribution in [1.29, 1.82) is 0 Å². The predicted molar refractivity (Wildman–Crippen MR) is 119 cm³/mol. The predicted octanol–water partition coefficient (Wildman–Crippen LogP) is 1.38. The molecule has 0 aromatic heterocycles. The van der Waals surface area contributed by atoms with Gasteiger partial charge in [-0.05, 0) is 12.5 Å². The molecule has 1 aromatic carbocycles. The molecule has 4 heterocycles. The largest absolute Gasteiger partial charge is 0.461 e. The molecular weight excluding hydrogens is 428 g/mol. The van der Waals surface area contributed by atoms with Gasteiger partial charge in [-0.1, -0.05) is 54.6 Å². The van der Waals surface area contributed by atoms with Gasteiger partial charge in [-0.3, -0.25) is 14.4 Å². The first-order valence-electron chi connectivity index (χ1n) is 10.9. The summed E-state index contributed by atoms with van der Waals surface area (Å²) in [7, 11) is 0. The number of hydrogen-bond acceptors (Lipinski definition) is 6. The zero-order valence-electron chi connectivity index (χ0n) is 17.8. The van der Waals surface area contributed by atoms with Gasteiger partial charge in [-0.15, -0.1) is 11.8 Å². The van der Waals surface area contributed by atoms with Crippen LogP contribution in [0.25, 0.3) is 0 Å². The van der Waals surface area contributed by atoms with Gasteiger partial charge in [0.25, 0.3) is 0 Å². The van der Waals surface area contributed by atoms with Crippen LogP contribution in [-0.4, -0.2) is 74.5 Å². The van der Waals surface area contributed by atoms with Gasteiger partial charge < -0.3 is 19.6 Å². The molecule has 1 unspecified atom stereocenters. The topological polar surface area (TPSA) is 87.2 Å². The second-order valence-electron chi connectivity index (χ2n) is 8.78. The zero-order chi connectivity index (χ0) is 22.5. The van der Waals surface area contributed by atoms with E-state index in [9.17, 15) is 19.5 Å². The second kappa shape index (κ2) is 8.08. The van der Waals surface area contributed by atoms with Gasteiger partial charge in [0.1, 0.15) is 12.6 Å². The van der Waals surface area contributed by atoms with Gasteiger partial charge >= 0.3 is 5.97 Å². The average molecular weight is 455 g/mol. The first kappa shape index (κ1) is 21.3. The van der Waals surface area contributed by atoms with E-state index < -0.39 is 34.6 Å². The second-order valence-corrected chi connectivity index (χ2v) is 10.3. The molecule has 0 bridgehead atoms. The Kier molecular flexibility index (Phi) is 5.37. The lowest BCUT2D eigenvalue weighted by Gasteiger charge is -2.37. The van der Waals surface area contributed by atoms with Gasteiger partial charge in [0, 0.05) is 18.3 Å². The number of amides is 2. The molecule has 2 saturated heterocycles. The van der Waals surface area contributed by atoms with Crippen molar-refractivity contribution in [3.8, 4) is 0 Å². The van der Waals surface area contributed by atoms with Crippen LogP contribution in [0.15, 0.2) is 54.6 Å². The Hall–Kier alpha value is -2.58. The molecule has 6 atom stereocenters. The molecule has 2 fully saturated rings. The molecule has 0 radical (unpaired) electrons. The number of aliphatic hydroxyl groups is 1. The standard InChI is InChI=1S/C24H26N2O5S/c1-15(14-27)26-20-22(29)25(13-16-7-3-2-4-8-16)11-6-10-24(20)19(21(26)28)18-17(32-24)9-5-12-31-23(18)30/h2-10,15,17-20,27H,11-14H2,1H3/t15-,17-,18+,19+,20?,24+/m1/s1. The van der Waals surface area contributed by atoms with E-state index in [0.29, 0.717) is 13.1 Å². The number of benzene rings is 1. The highest BCUT2D eigenvalue weighted by Gasteiger charge is 2.71. The highest BCUT2D eigenvalue weighted by Crippen LogP contribution is 2.61. The zero-order valence-corrected chi connectivity index (χ0v) is 18.6. The van der Waals surface area contributed by atoms with Crippen molar-refractivity contribution in [2.24, 2.45) is 11.8 Å². The Morgan fingerprint density at radius 2 is 1.97 bits per heavy atom. The van der Waals surface area contributed by atoms with Gasteiger partial charge in [-0.2, -0.15) is 0 Å². The Morgan fingerprint density at radius 3 is 2.72 bits per heavy atom. The fourth-order valence-corrected chi connectivity index (χ4v) is 7.45. The average Bonchev–Trinajstić information content (AvgIpc) is 3.11. The number of cyclic esters (lactones) is 1. The number of likely N-dealkylation sites (tertiary alicyclic amines) is 1. The summed E-state index contributed by atoms with van der Waals surface area (Å²) in [5.41, 5.74) is 1.00. The van der Waals surface area contributed by atoms with Crippen molar-refractivity contribution >= 4 is 29.5 Å². The summed E-state index contributed by atoms with van der Waals surface area (Å²) in [5, 5.41) is 9.67. The van der Waals surface area contributed by atoms with Crippen molar-refractivity contribution in [3.63, 3.8) is 0 Å². The van der Waals surface area contributed by atoms with Crippen LogP contribution in [0, 0.1) is 11.8 Å². The summed E-state index contributed by atoms with van der Waals surface area (Å²) in [6, 6.07) is 8.41. The highest BCUT2D eigenvalue weighted by atomic mass is 32.2. The molecule has 1 aromatic rings. The number of aliphatic hydroxyl groups excluding tert-OH is 1. The Balaban J connectivity index is 1.58. The normalized spacial score (nSPS) is 34.5. The van der Waals surface area contributed by atoms with Crippen LogP contribution in [0.1, 0.15) is 12.5 Å². The van der Waals surface area contributed by atoms with Crippen LogP contribution < -0.4 is 0 Å². The molecule has 32 heavy (non-hydrogen) atoms. The quantitative estimate of drug-likeness (QED) is 0.546. The fraction of sp³-hybridized carbons (Fsp3) is 0.458. The third-order valence-electron chi connectivity index (χ3n) is 6.89. The van der Waals surface area contributed by atoms with Crippen LogP contribution in [0.4, 0.5) is 0 Å². The summed E-state index contributed by atoms with van der Waals surface area (Å²) < 4.78 is 4.48. The van der Waals surface area contributed by atoms with Crippen LogP contribution in [0.2, 0.25) is 0 Å². The highest BCUT2D eigenvalue weighted by molar-refractivity contribution is 8.02. The number of rotatable bonds is 4.